The Morgan fingerprint density at radius 2 is 1.22 bits per heavy atom. The second-order valence-electron chi connectivity index (χ2n) is 24.7. The number of nitrogens with zero attached hydrogens (tertiary/aromatic N) is 5. The van der Waals surface area contributed by atoms with Gasteiger partial charge in [0.1, 0.15) is 40.9 Å². The Labute approximate surface area is 471 Å². The van der Waals surface area contributed by atoms with E-state index in [1.807, 2.05) is 90.9 Å². The zero-order valence-electron chi connectivity index (χ0n) is 47.4. The van der Waals surface area contributed by atoms with Crippen LogP contribution in [0, 0.1) is 41.4 Å². The minimum Gasteiger partial charge on any atom is -0.485 e. The van der Waals surface area contributed by atoms with Gasteiger partial charge in [-0.15, -0.1) is 22.7 Å². The van der Waals surface area contributed by atoms with Crippen LogP contribution in [0.3, 0.4) is 0 Å². The zero-order chi connectivity index (χ0) is 58.0. The molecule has 19 nitrogen and oxygen atoms in total. The van der Waals surface area contributed by atoms with Crippen molar-refractivity contribution in [2.75, 3.05) is 19.7 Å². The van der Waals surface area contributed by atoms with Crippen LogP contribution in [0.1, 0.15) is 124 Å². The lowest BCUT2D eigenvalue weighted by Gasteiger charge is -2.36. The predicted molar refractivity (Wildman–Crippen MR) is 300 cm³/mol. The standard InChI is InChI=1S/C58H77N9O10S2/c1-33-45(78-31-62-33)36-15-13-35(14-16-36)25-60-49(71)41-22-39(68)27-66(41)51(73)47(54(3,4)5)64-44(70)24-56(9,10)76-30-57(11,12)77-43-21-37(46-34(2)63-32-79-46)17-18-38(43)26-61-50(72)42-23-40(69)28-67(42)52(74)48(55(6,7)8)65-53(75)58(29-59)19-20-58/h13-18,21,31-32,39-42,47-48,68-69H,19-20,22-28,30H2,1-12H3,(H,60,71)(H,61,72)(H,64,70)(H,65,75)/t39-,40-,41+,42+,47-,48-/m1/s1. The molecule has 0 spiro atoms. The lowest BCUT2D eigenvalue weighted by atomic mass is 9.85. The van der Waals surface area contributed by atoms with Crippen LogP contribution in [0.4, 0.5) is 0 Å². The molecule has 6 atom stereocenters. The number of aryl methyl sites for hydroxylation is 2. The van der Waals surface area contributed by atoms with Crippen LogP contribution >= 0.6 is 22.7 Å². The zero-order valence-corrected chi connectivity index (χ0v) is 49.1. The number of hydrogen-bond acceptors (Lipinski definition) is 15. The van der Waals surface area contributed by atoms with Crippen LogP contribution in [0.15, 0.2) is 53.5 Å². The Hall–Kier alpha value is -6.31. The van der Waals surface area contributed by atoms with Gasteiger partial charge in [0, 0.05) is 44.6 Å². The fourth-order valence-electron chi connectivity index (χ4n) is 9.85. The maximum Gasteiger partial charge on any atom is 0.246 e. The Morgan fingerprint density at radius 3 is 1.70 bits per heavy atom. The Balaban J connectivity index is 0.982. The van der Waals surface area contributed by atoms with Crippen LogP contribution in [0.5, 0.6) is 5.75 Å². The van der Waals surface area contributed by atoms with Gasteiger partial charge < -0.3 is 50.8 Å². The summed E-state index contributed by atoms with van der Waals surface area (Å²) in [6.45, 7) is 21.9. The molecule has 2 aromatic heterocycles. The predicted octanol–water partition coefficient (Wildman–Crippen LogP) is 6.11. The molecule has 6 N–H and O–H groups in total. The number of thiazole rings is 2. The Bertz CT molecular complexity index is 2950. The number of hydrogen-bond donors (Lipinski definition) is 6. The smallest absolute Gasteiger partial charge is 0.246 e. The van der Waals surface area contributed by atoms with Crippen molar-refractivity contribution in [2.45, 2.75) is 176 Å². The van der Waals surface area contributed by atoms with E-state index in [4.69, 9.17) is 9.47 Å². The monoisotopic (exact) mass is 1120 g/mol. The van der Waals surface area contributed by atoms with E-state index in [1.165, 1.54) is 21.1 Å². The molecule has 2 saturated heterocycles. The third kappa shape index (κ3) is 14.7. The number of amides is 6. The molecule has 426 valence electrons. The first kappa shape index (κ1) is 60.3. The number of ether oxygens (including phenoxy) is 2. The lowest BCUT2D eigenvalue weighted by molar-refractivity contribution is -0.145. The van der Waals surface area contributed by atoms with Gasteiger partial charge in [0.25, 0.3) is 0 Å². The van der Waals surface area contributed by atoms with Crippen LogP contribution < -0.4 is 26.0 Å². The fraction of sp³-hybridized carbons (Fsp3) is 0.569. The Morgan fingerprint density at radius 1 is 0.722 bits per heavy atom. The second-order valence-corrected chi connectivity index (χ2v) is 26.4. The van der Waals surface area contributed by atoms with Gasteiger partial charge in [0.15, 0.2) is 0 Å². The molecular formula is C58H77N9O10S2. The largest absolute Gasteiger partial charge is 0.485 e. The van der Waals surface area contributed by atoms with E-state index < -0.39 is 99.3 Å². The molecule has 4 heterocycles. The maximum atomic E-state index is 14.4. The van der Waals surface area contributed by atoms with E-state index in [0.29, 0.717) is 24.2 Å². The summed E-state index contributed by atoms with van der Waals surface area (Å²) >= 11 is 3.02. The number of aliphatic hydroxyl groups is 2. The van der Waals surface area contributed by atoms with Crippen LogP contribution in [0.2, 0.25) is 0 Å². The number of aliphatic hydroxyl groups excluding tert-OH is 2. The summed E-state index contributed by atoms with van der Waals surface area (Å²) in [5, 5.41) is 42.9. The molecule has 21 heteroatoms. The molecule has 0 unspecified atom stereocenters. The highest BCUT2D eigenvalue weighted by atomic mass is 32.1. The quantitative estimate of drug-likeness (QED) is 0.0584. The van der Waals surface area contributed by atoms with E-state index in [9.17, 15) is 44.2 Å². The van der Waals surface area contributed by atoms with Gasteiger partial charge >= 0.3 is 0 Å². The summed E-state index contributed by atoms with van der Waals surface area (Å²) in [6, 6.07) is 11.4. The summed E-state index contributed by atoms with van der Waals surface area (Å²) in [6.07, 6.45) is -1.22. The van der Waals surface area contributed by atoms with Gasteiger partial charge in [-0.1, -0.05) is 77.9 Å². The number of carbonyl (C=O) groups excluding carboxylic acids is 6. The second kappa shape index (κ2) is 23.8. The first-order chi connectivity index (χ1) is 36.9. The summed E-state index contributed by atoms with van der Waals surface area (Å²) in [5.74, 6) is -2.48. The number of aromatic nitrogens is 2. The molecule has 3 aliphatic rings. The van der Waals surface area contributed by atoms with Gasteiger partial charge in [-0.25, -0.2) is 9.97 Å². The molecule has 3 fully saturated rings. The summed E-state index contributed by atoms with van der Waals surface area (Å²) < 4.78 is 13.2. The summed E-state index contributed by atoms with van der Waals surface area (Å²) in [5.41, 5.74) is 3.81. The molecule has 4 aromatic rings. The first-order valence-corrected chi connectivity index (χ1v) is 28.6. The van der Waals surface area contributed by atoms with Gasteiger partial charge in [0.05, 0.1) is 69.1 Å². The molecule has 1 aliphatic carbocycles. The van der Waals surface area contributed by atoms with Crippen molar-refractivity contribution < 1.29 is 48.5 Å². The van der Waals surface area contributed by atoms with Crippen molar-refractivity contribution in [2.24, 2.45) is 16.2 Å². The van der Waals surface area contributed by atoms with Gasteiger partial charge in [-0.3, -0.25) is 28.8 Å². The van der Waals surface area contributed by atoms with E-state index in [2.05, 4.69) is 37.3 Å². The van der Waals surface area contributed by atoms with Crippen molar-refractivity contribution >= 4 is 58.1 Å². The highest BCUT2D eigenvalue weighted by Crippen LogP contribution is 2.45. The van der Waals surface area contributed by atoms with Crippen molar-refractivity contribution in [3.05, 3.63) is 76.0 Å². The Kier molecular flexibility index (Phi) is 18.2. The van der Waals surface area contributed by atoms with Crippen molar-refractivity contribution in [1.29, 1.82) is 5.26 Å². The SMILES string of the molecule is Cc1ncsc1-c1ccc(CNC(=O)[C@@H]2C[C@@H](O)CN2C(=O)[C@@H](NC(=O)CC(C)(C)OCC(C)(C)Oc2cc(-c3scnc3C)ccc2CNC(=O)[C@@H]2C[C@@H](O)CN2C(=O)[C@@H](NC(=O)C2(C#N)CC2)C(C)(C)C)C(C)(C)C)cc1. The molecular weight excluding hydrogens is 1050 g/mol. The topological polar surface area (TPSA) is 266 Å². The van der Waals surface area contributed by atoms with Crippen LogP contribution in [-0.2, 0) is 46.6 Å². The molecule has 6 amide bonds. The molecule has 1 saturated carbocycles. The van der Waals surface area contributed by atoms with Crippen LogP contribution in [-0.4, -0.2) is 133 Å². The normalized spacial score (nSPS) is 20.0. The van der Waals surface area contributed by atoms with Crippen LogP contribution in [0.25, 0.3) is 20.9 Å². The minimum absolute atomic E-state index is 0.000905. The van der Waals surface area contributed by atoms with Gasteiger partial charge in [-0.05, 0) is 88.0 Å². The molecule has 0 bridgehead atoms. The third-order valence-electron chi connectivity index (χ3n) is 14.7. The van der Waals surface area contributed by atoms with E-state index in [1.54, 1.807) is 57.0 Å². The van der Waals surface area contributed by atoms with Gasteiger partial charge in [0.2, 0.25) is 35.4 Å². The third-order valence-corrected chi connectivity index (χ3v) is 16.6. The van der Waals surface area contributed by atoms with Gasteiger partial charge in [-0.2, -0.15) is 5.26 Å². The summed E-state index contributed by atoms with van der Waals surface area (Å²) in [4.78, 5) is 97.0. The van der Waals surface area contributed by atoms with E-state index in [0.717, 1.165) is 37.8 Å². The molecule has 79 heavy (non-hydrogen) atoms. The lowest BCUT2D eigenvalue weighted by Crippen LogP contribution is -2.58. The van der Waals surface area contributed by atoms with Crippen molar-refractivity contribution in [1.82, 2.24) is 41.0 Å². The molecule has 2 aliphatic heterocycles. The van der Waals surface area contributed by atoms with E-state index >= 15 is 0 Å². The molecule has 2 aromatic carbocycles. The minimum atomic E-state index is -1.17. The maximum absolute atomic E-state index is 14.4. The number of rotatable bonds is 20. The first-order valence-electron chi connectivity index (χ1n) is 26.8. The number of nitriles is 1. The highest BCUT2D eigenvalue weighted by molar-refractivity contribution is 7.13. The number of nitrogens with one attached hydrogen (secondary N) is 4. The van der Waals surface area contributed by atoms with Crippen molar-refractivity contribution in [3.8, 4) is 32.7 Å². The number of likely N-dealkylation sites (tertiary alicyclic amines) is 2. The number of carbonyl (C=O) groups is 6. The number of benzene rings is 2. The summed E-state index contributed by atoms with van der Waals surface area (Å²) in [7, 11) is 0. The van der Waals surface area contributed by atoms with E-state index in [-0.39, 0.29) is 52.0 Å². The highest BCUT2D eigenvalue weighted by Gasteiger charge is 2.53. The molecule has 0 radical (unpaired) electrons. The number of β-amino-alcohol motifs (C(OH)–C–C–N with tert-alkyl or cyclic N) is 2. The average molecular weight is 1120 g/mol. The average Bonchev–Trinajstić information content (AvgIpc) is 3.86. The molecule has 7 rings (SSSR count). The van der Waals surface area contributed by atoms with Crippen molar-refractivity contribution in [3.63, 3.8) is 0 Å². The fourth-order valence-corrected chi connectivity index (χ4v) is 11.5.